The van der Waals surface area contributed by atoms with Crippen molar-refractivity contribution in [3.05, 3.63) is 29.3 Å². The van der Waals surface area contributed by atoms with Gasteiger partial charge in [-0.1, -0.05) is 42.5 Å². The van der Waals surface area contributed by atoms with Gasteiger partial charge in [0.1, 0.15) is 12.3 Å². The van der Waals surface area contributed by atoms with Crippen molar-refractivity contribution in [3.8, 4) is 5.75 Å². The van der Waals surface area contributed by atoms with Crippen molar-refractivity contribution in [2.75, 3.05) is 6.54 Å². The van der Waals surface area contributed by atoms with Gasteiger partial charge in [0.05, 0.1) is 5.71 Å². The summed E-state index contributed by atoms with van der Waals surface area (Å²) < 4.78 is 0. The van der Waals surface area contributed by atoms with Crippen molar-refractivity contribution >= 4 is 17.6 Å². The van der Waals surface area contributed by atoms with Crippen molar-refractivity contribution in [2.24, 2.45) is 5.16 Å². The van der Waals surface area contributed by atoms with Crippen LogP contribution in [0.15, 0.2) is 23.4 Å². The van der Waals surface area contributed by atoms with Crippen molar-refractivity contribution in [1.29, 1.82) is 0 Å². The Morgan fingerprint density at radius 1 is 1.04 bits per heavy atom. The molecule has 0 atom stereocenters. The zero-order valence-corrected chi connectivity index (χ0v) is 15.2. The third-order valence-electron chi connectivity index (χ3n) is 4.09. The first-order chi connectivity index (χ1) is 12.4. The number of rotatable bonds is 12. The Balaban J connectivity index is 2.15. The number of oxime groups is 1. The lowest BCUT2D eigenvalue weighted by atomic mass is 10.00. The molecule has 0 spiro atoms. The van der Waals surface area contributed by atoms with E-state index < -0.39 is 5.97 Å². The summed E-state index contributed by atoms with van der Waals surface area (Å²) in [5, 5.41) is 33.2. The van der Waals surface area contributed by atoms with E-state index in [1.807, 2.05) is 6.92 Å². The summed E-state index contributed by atoms with van der Waals surface area (Å²) >= 11 is 0. The zero-order chi connectivity index (χ0) is 19.4. The second kappa shape index (κ2) is 11.9. The van der Waals surface area contributed by atoms with Gasteiger partial charge in [-0.25, -0.2) is 0 Å². The van der Waals surface area contributed by atoms with Gasteiger partial charge < -0.3 is 20.7 Å². The third-order valence-corrected chi connectivity index (χ3v) is 4.09. The van der Waals surface area contributed by atoms with Gasteiger partial charge in [0.15, 0.2) is 0 Å². The summed E-state index contributed by atoms with van der Waals surface area (Å²) in [4.78, 5) is 21.7. The standard InChI is InChI=1S/C19H28N2O5/c1-14-10-11-17(22)15(12-14)16(21-26)8-6-4-2-3-5-7-9-18(23)20-13-19(24)25/h10-12,22,26H,2-9,13H2,1H3,(H,20,23)(H,24,25)/b21-16-. The molecule has 1 aromatic carbocycles. The summed E-state index contributed by atoms with van der Waals surface area (Å²) in [5.41, 5.74) is 2.05. The number of phenolic OH excluding ortho intramolecular Hbond substituents is 1. The first-order valence-corrected chi connectivity index (χ1v) is 8.93. The van der Waals surface area contributed by atoms with E-state index in [-0.39, 0.29) is 18.2 Å². The summed E-state index contributed by atoms with van der Waals surface area (Å²) in [6.07, 6.45) is 6.42. The molecule has 4 N–H and O–H groups in total. The van der Waals surface area contributed by atoms with Crippen LogP contribution in [0.2, 0.25) is 0 Å². The van der Waals surface area contributed by atoms with Crippen LogP contribution in [0.5, 0.6) is 5.75 Å². The predicted octanol–water partition coefficient (Wildman–Crippen LogP) is 3.20. The van der Waals surface area contributed by atoms with Gasteiger partial charge in [0, 0.05) is 12.0 Å². The number of benzene rings is 1. The second-order valence-corrected chi connectivity index (χ2v) is 6.36. The average molecular weight is 364 g/mol. The highest BCUT2D eigenvalue weighted by molar-refractivity contribution is 6.02. The molecule has 0 saturated heterocycles. The Morgan fingerprint density at radius 2 is 1.65 bits per heavy atom. The van der Waals surface area contributed by atoms with E-state index in [0.29, 0.717) is 24.1 Å². The molecule has 1 rings (SSSR count). The van der Waals surface area contributed by atoms with Crippen molar-refractivity contribution in [3.63, 3.8) is 0 Å². The molecule has 0 aliphatic heterocycles. The molecule has 144 valence electrons. The van der Waals surface area contributed by atoms with Crippen LogP contribution in [0, 0.1) is 6.92 Å². The van der Waals surface area contributed by atoms with Crippen LogP contribution in [0.4, 0.5) is 0 Å². The van der Waals surface area contributed by atoms with Gasteiger partial charge in [-0.2, -0.15) is 0 Å². The van der Waals surface area contributed by atoms with Gasteiger partial charge >= 0.3 is 5.97 Å². The number of aliphatic carboxylic acids is 1. The quantitative estimate of drug-likeness (QED) is 0.196. The zero-order valence-electron chi connectivity index (χ0n) is 15.2. The molecule has 0 heterocycles. The van der Waals surface area contributed by atoms with Crippen LogP contribution in [-0.4, -0.2) is 39.6 Å². The summed E-state index contributed by atoms with van der Waals surface area (Å²) in [7, 11) is 0. The second-order valence-electron chi connectivity index (χ2n) is 6.36. The van der Waals surface area contributed by atoms with Crippen molar-refractivity contribution < 1.29 is 25.0 Å². The molecule has 0 saturated carbocycles. The van der Waals surface area contributed by atoms with Crippen molar-refractivity contribution in [2.45, 2.75) is 58.3 Å². The molecule has 0 aliphatic rings. The van der Waals surface area contributed by atoms with Crippen LogP contribution in [0.1, 0.15) is 62.5 Å². The number of phenols is 1. The SMILES string of the molecule is Cc1ccc(O)c(/C(CCCCCCCCC(=O)NCC(=O)O)=N\O)c1. The van der Waals surface area contributed by atoms with Crippen LogP contribution >= 0.6 is 0 Å². The molecule has 0 radical (unpaired) electrons. The van der Waals surface area contributed by atoms with Gasteiger partial charge in [-0.05, 0) is 38.3 Å². The monoisotopic (exact) mass is 364 g/mol. The minimum atomic E-state index is -1.04. The van der Waals surface area contributed by atoms with Gasteiger partial charge in [-0.15, -0.1) is 0 Å². The Morgan fingerprint density at radius 3 is 2.27 bits per heavy atom. The Kier molecular flexibility index (Phi) is 9.82. The number of nitrogens with one attached hydrogen (secondary N) is 1. The number of unbranched alkanes of at least 4 members (excludes halogenated alkanes) is 5. The fraction of sp³-hybridized carbons (Fsp3) is 0.526. The molecular formula is C19H28N2O5. The highest BCUT2D eigenvalue weighted by atomic mass is 16.4. The van der Waals surface area contributed by atoms with E-state index in [0.717, 1.165) is 44.1 Å². The number of hydrogen-bond donors (Lipinski definition) is 4. The number of amides is 1. The van der Waals surface area contributed by atoms with Crippen LogP contribution in [0.25, 0.3) is 0 Å². The number of aromatic hydroxyl groups is 1. The first-order valence-electron chi connectivity index (χ1n) is 8.93. The Labute approximate surface area is 153 Å². The largest absolute Gasteiger partial charge is 0.507 e. The van der Waals surface area contributed by atoms with E-state index in [4.69, 9.17) is 5.11 Å². The molecule has 0 bridgehead atoms. The lowest BCUT2D eigenvalue weighted by Gasteiger charge is -2.08. The van der Waals surface area contributed by atoms with Gasteiger partial charge in [-0.3, -0.25) is 9.59 Å². The number of aryl methyl sites for hydroxylation is 1. The summed E-state index contributed by atoms with van der Waals surface area (Å²) in [6, 6.07) is 5.21. The topological polar surface area (TPSA) is 119 Å². The van der Waals surface area contributed by atoms with Crippen LogP contribution in [-0.2, 0) is 9.59 Å². The molecule has 0 aromatic heterocycles. The molecule has 0 fully saturated rings. The third kappa shape index (κ3) is 8.50. The molecule has 7 nitrogen and oxygen atoms in total. The Hall–Kier alpha value is -2.57. The Bertz CT molecular complexity index is 628. The number of carbonyl (C=O) groups excluding carboxylic acids is 1. The summed E-state index contributed by atoms with van der Waals surface area (Å²) in [6.45, 7) is 1.59. The number of carbonyl (C=O) groups is 2. The minimum Gasteiger partial charge on any atom is -0.507 e. The first kappa shape index (κ1) is 21.5. The highest BCUT2D eigenvalue weighted by Crippen LogP contribution is 2.21. The molecule has 1 aromatic rings. The fourth-order valence-corrected chi connectivity index (χ4v) is 2.67. The van der Waals surface area contributed by atoms with E-state index >= 15 is 0 Å². The smallest absolute Gasteiger partial charge is 0.322 e. The summed E-state index contributed by atoms with van der Waals surface area (Å²) in [5.74, 6) is -1.15. The van der Waals surface area contributed by atoms with E-state index in [2.05, 4.69) is 10.5 Å². The lowest BCUT2D eigenvalue weighted by molar-refractivity contribution is -0.137. The van der Waals surface area contributed by atoms with Gasteiger partial charge in [0.25, 0.3) is 0 Å². The predicted molar refractivity (Wildman–Crippen MR) is 98.7 cm³/mol. The molecule has 0 unspecified atom stereocenters. The van der Waals surface area contributed by atoms with Crippen LogP contribution < -0.4 is 5.32 Å². The number of hydrogen-bond acceptors (Lipinski definition) is 5. The maximum atomic E-state index is 11.3. The number of carboxylic acid groups (broad SMARTS) is 1. The van der Waals surface area contributed by atoms with Gasteiger partial charge in [0.2, 0.25) is 5.91 Å². The molecule has 1 amide bonds. The molecule has 7 heteroatoms. The maximum Gasteiger partial charge on any atom is 0.322 e. The average Bonchev–Trinajstić information content (AvgIpc) is 2.61. The van der Waals surface area contributed by atoms with Crippen LogP contribution in [0.3, 0.4) is 0 Å². The highest BCUT2D eigenvalue weighted by Gasteiger charge is 2.10. The van der Waals surface area contributed by atoms with E-state index in [1.165, 1.54) is 0 Å². The number of carboxylic acids is 1. The molecular weight excluding hydrogens is 336 g/mol. The minimum absolute atomic E-state index is 0.115. The van der Waals surface area contributed by atoms with E-state index in [1.54, 1.807) is 18.2 Å². The normalized spacial score (nSPS) is 11.3. The van der Waals surface area contributed by atoms with E-state index in [9.17, 15) is 19.9 Å². The number of nitrogens with zero attached hydrogens (tertiary/aromatic N) is 1. The molecule has 26 heavy (non-hydrogen) atoms. The molecule has 0 aliphatic carbocycles. The van der Waals surface area contributed by atoms with Crippen molar-refractivity contribution in [1.82, 2.24) is 5.32 Å². The maximum absolute atomic E-state index is 11.3. The lowest BCUT2D eigenvalue weighted by Crippen LogP contribution is -2.28. The fourth-order valence-electron chi connectivity index (χ4n) is 2.67.